The average molecular weight is 342 g/mol. The number of carbonyl (C=O) groups is 1. The standard InChI is InChI=1S/C16H26N2O4S/c1-6-22-14-9-7-13(8-10-14)18(23(5,20)21)12-11-15(19)17-16(2,3)4/h7-10H,6,11-12H2,1-5H3,(H,17,19). The Bertz CT molecular complexity index is 618. The number of sulfonamides is 1. The molecule has 7 heteroatoms. The summed E-state index contributed by atoms with van der Waals surface area (Å²) in [5.41, 5.74) is 0.172. The van der Waals surface area contributed by atoms with Crippen molar-refractivity contribution in [3.8, 4) is 5.75 Å². The predicted octanol–water partition coefficient (Wildman–Crippen LogP) is 2.16. The molecule has 1 aromatic carbocycles. The van der Waals surface area contributed by atoms with E-state index in [9.17, 15) is 13.2 Å². The van der Waals surface area contributed by atoms with Crippen molar-refractivity contribution in [2.24, 2.45) is 0 Å². The highest BCUT2D eigenvalue weighted by Crippen LogP contribution is 2.22. The number of hydrogen-bond acceptors (Lipinski definition) is 4. The molecule has 0 spiro atoms. The molecule has 1 rings (SSSR count). The first-order chi connectivity index (χ1) is 10.5. The fourth-order valence-electron chi connectivity index (χ4n) is 2.05. The van der Waals surface area contributed by atoms with Crippen molar-refractivity contribution in [2.45, 2.75) is 39.7 Å². The third-order valence-electron chi connectivity index (χ3n) is 2.89. The summed E-state index contributed by atoms with van der Waals surface area (Å²) in [6.07, 6.45) is 1.22. The Labute approximate surface area is 138 Å². The van der Waals surface area contributed by atoms with E-state index in [4.69, 9.17) is 4.74 Å². The lowest BCUT2D eigenvalue weighted by Gasteiger charge is -2.24. The van der Waals surface area contributed by atoms with E-state index < -0.39 is 10.0 Å². The quantitative estimate of drug-likeness (QED) is 0.824. The van der Waals surface area contributed by atoms with Crippen molar-refractivity contribution >= 4 is 21.6 Å². The van der Waals surface area contributed by atoms with Crippen molar-refractivity contribution < 1.29 is 17.9 Å². The molecular weight excluding hydrogens is 316 g/mol. The average Bonchev–Trinajstić information content (AvgIpc) is 2.37. The van der Waals surface area contributed by atoms with Crippen LogP contribution in [0.25, 0.3) is 0 Å². The zero-order valence-corrected chi connectivity index (χ0v) is 15.2. The summed E-state index contributed by atoms with van der Waals surface area (Å²) in [4.78, 5) is 11.9. The van der Waals surface area contributed by atoms with Gasteiger partial charge in [-0.15, -0.1) is 0 Å². The van der Waals surface area contributed by atoms with Gasteiger partial charge in [-0.25, -0.2) is 8.42 Å². The molecule has 0 atom stereocenters. The first-order valence-corrected chi connectivity index (χ1v) is 9.39. The van der Waals surface area contributed by atoms with Gasteiger partial charge in [-0.05, 0) is 52.0 Å². The van der Waals surface area contributed by atoms with E-state index in [2.05, 4.69) is 5.32 Å². The second kappa shape index (κ2) is 7.68. The van der Waals surface area contributed by atoms with Crippen molar-refractivity contribution in [3.05, 3.63) is 24.3 Å². The number of nitrogens with one attached hydrogen (secondary N) is 1. The third-order valence-corrected chi connectivity index (χ3v) is 4.09. The molecule has 0 fully saturated rings. The summed E-state index contributed by atoms with van der Waals surface area (Å²) in [7, 11) is -3.47. The lowest BCUT2D eigenvalue weighted by molar-refractivity contribution is -0.122. The van der Waals surface area contributed by atoms with Crippen molar-refractivity contribution in [3.63, 3.8) is 0 Å². The summed E-state index contributed by atoms with van der Waals surface area (Å²) in [5, 5.41) is 2.82. The van der Waals surface area contributed by atoms with Crippen LogP contribution < -0.4 is 14.4 Å². The molecule has 1 aromatic rings. The predicted molar refractivity (Wildman–Crippen MR) is 92.3 cm³/mol. The van der Waals surface area contributed by atoms with Crippen LogP contribution in [0.3, 0.4) is 0 Å². The van der Waals surface area contributed by atoms with Crippen LogP contribution in [0.1, 0.15) is 34.1 Å². The Morgan fingerprint density at radius 2 is 1.78 bits per heavy atom. The molecule has 0 saturated heterocycles. The minimum Gasteiger partial charge on any atom is -0.494 e. The maximum Gasteiger partial charge on any atom is 0.232 e. The monoisotopic (exact) mass is 342 g/mol. The fraction of sp³-hybridized carbons (Fsp3) is 0.562. The topological polar surface area (TPSA) is 75.7 Å². The third kappa shape index (κ3) is 6.90. The first-order valence-electron chi connectivity index (χ1n) is 7.54. The smallest absolute Gasteiger partial charge is 0.232 e. The molecule has 0 heterocycles. The molecule has 6 nitrogen and oxygen atoms in total. The van der Waals surface area contributed by atoms with Crippen LogP contribution in [0.15, 0.2) is 24.3 Å². The van der Waals surface area contributed by atoms with E-state index in [1.54, 1.807) is 24.3 Å². The number of rotatable bonds is 7. The van der Waals surface area contributed by atoms with Gasteiger partial charge in [0.2, 0.25) is 15.9 Å². The SMILES string of the molecule is CCOc1ccc(N(CCC(=O)NC(C)(C)C)S(C)(=O)=O)cc1. The van der Waals surface area contributed by atoms with Gasteiger partial charge in [-0.1, -0.05) is 0 Å². The van der Waals surface area contributed by atoms with E-state index in [-0.39, 0.29) is 24.4 Å². The van der Waals surface area contributed by atoms with Gasteiger partial charge in [0.1, 0.15) is 5.75 Å². The van der Waals surface area contributed by atoms with Crippen LogP contribution in [-0.4, -0.2) is 39.3 Å². The molecule has 0 aromatic heterocycles. The molecule has 0 unspecified atom stereocenters. The molecule has 1 N–H and O–H groups in total. The molecule has 0 aliphatic heterocycles. The zero-order valence-electron chi connectivity index (χ0n) is 14.4. The molecule has 0 saturated carbocycles. The highest BCUT2D eigenvalue weighted by molar-refractivity contribution is 7.92. The van der Waals surface area contributed by atoms with Crippen LogP contribution in [0.5, 0.6) is 5.75 Å². The summed E-state index contributed by atoms with van der Waals surface area (Å²) < 4.78 is 30.6. The lowest BCUT2D eigenvalue weighted by Crippen LogP contribution is -2.42. The number of ether oxygens (including phenoxy) is 1. The normalized spacial score (nSPS) is 11.9. The van der Waals surface area contributed by atoms with Crippen LogP contribution in [-0.2, 0) is 14.8 Å². The Balaban J connectivity index is 2.84. The van der Waals surface area contributed by atoms with Gasteiger partial charge in [0.05, 0.1) is 18.6 Å². The van der Waals surface area contributed by atoms with Gasteiger partial charge in [0, 0.05) is 18.5 Å². The molecule has 0 aliphatic rings. The van der Waals surface area contributed by atoms with Crippen molar-refractivity contribution in [2.75, 3.05) is 23.7 Å². The van der Waals surface area contributed by atoms with Crippen molar-refractivity contribution in [1.82, 2.24) is 5.32 Å². The summed E-state index contributed by atoms with van der Waals surface area (Å²) >= 11 is 0. The maximum atomic E-state index is 12.0. The molecule has 1 amide bonds. The van der Waals surface area contributed by atoms with E-state index in [1.807, 2.05) is 27.7 Å². The highest BCUT2D eigenvalue weighted by Gasteiger charge is 2.20. The van der Waals surface area contributed by atoms with Gasteiger partial charge in [0.15, 0.2) is 0 Å². The number of amides is 1. The Morgan fingerprint density at radius 3 is 2.22 bits per heavy atom. The van der Waals surface area contributed by atoms with E-state index in [1.165, 1.54) is 4.31 Å². The zero-order chi connectivity index (χ0) is 17.7. The Morgan fingerprint density at radius 1 is 1.22 bits per heavy atom. The molecule has 130 valence electrons. The Hall–Kier alpha value is -1.76. The van der Waals surface area contributed by atoms with Gasteiger partial charge < -0.3 is 10.1 Å². The molecule has 23 heavy (non-hydrogen) atoms. The molecular formula is C16H26N2O4S. The molecule has 0 aliphatic carbocycles. The minimum atomic E-state index is -3.47. The summed E-state index contributed by atoms with van der Waals surface area (Å²) in [6.45, 7) is 8.16. The molecule has 0 radical (unpaired) electrons. The van der Waals surface area contributed by atoms with Gasteiger partial charge in [-0.2, -0.15) is 0 Å². The van der Waals surface area contributed by atoms with E-state index in [0.29, 0.717) is 18.0 Å². The van der Waals surface area contributed by atoms with Crippen LogP contribution >= 0.6 is 0 Å². The Kier molecular flexibility index (Phi) is 6.44. The number of nitrogens with zero attached hydrogens (tertiary/aromatic N) is 1. The maximum absolute atomic E-state index is 12.0. The van der Waals surface area contributed by atoms with Crippen LogP contribution in [0.2, 0.25) is 0 Å². The minimum absolute atomic E-state index is 0.0920. The lowest BCUT2D eigenvalue weighted by atomic mass is 10.1. The van der Waals surface area contributed by atoms with Crippen molar-refractivity contribution in [1.29, 1.82) is 0 Å². The number of hydrogen-bond donors (Lipinski definition) is 1. The van der Waals surface area contributed by atoms with Gasteiger partial charge in [-0.3, -0.25) is 9.10 Å². The second-order valence-electron chi connectivity index (χ2n) is 6.31. The largest absolute Gasteiger partial charge is 0.494 e. The summed E-state index contributed by atoms with van der Waals surface area (Å²) in [6, 6.07) is 6.78. The number of anilines is 1. The highest BCUT2D eigenvalue weighted by atomic mass is 32.2. The van der Waals surface area contributed by atoms with E-state index in [0.717, 1.165) is 6.26 Å². The summed E-state index contributed by atoms with van der Waals surface area (Å²) in [5.74, 6) is 0.493. The second-order valence-corrected chi connectivity index (χ2v) is 8.22. The van der Waals surface area contributed by atoms with Crippen LogP contribution in [0, 0.1) is 0 Å². The van der Waals surface area contributed by atoms with E-state index >= 15 is 0 Å². The van der Waals surface area contributed by atoms with Crippen LogP contribution in [0.4, 0.5) is 5.69 Å². The fourth-order valence-corrected chi connectivity index (χ4v) is 2.97. The number of benzene rings is 1. The van der Waals surface area contributed by atoms with Gasteiger partial charge >= 0.3 is 0 Å². The molecule has 0 bridgehead atoms. The number of carbonyl (C=O) groups excluding carboxylic acids is 1. The van der Waals surface area contributed by atoms with Gasteiger partial charge in [0.25, 0.3) is 0 Å². The first kappa shape index (κ1) is 19.3.